The Kier molecular flexibility index (Phi) is 8.63. The zero-order valence-electron chi connectivity index (χ0n) is 12.3. The summed E-state index contributed by atoms with van der Waals surface area (Å²) in [6.45, 7) is 4.64. The van der Waals surface area contributed by atoms with Crippen LogP contribution in [0.5, 0.6) is 0 Å². The van der Waals surface area contributed by atoms with E-state index >= 15 is 0 Å². The van der Waals surface area contributed by atoms with Crippen molar-refractivity contribution in [3.8, 4) is 0 Å². The largest absolute Gasteiger partial charge is 0.0628 e. The molecule has 0 saturated carbocycles. The maximum Gasteiger partial charge on any atom is -0.0149 e. The number of aryl methyl sites for hydroxylation is 1. The van der Waals surface area contributed by atoms with Crippen LogP contribution < -0.4 is 0 Å². The molecule has 0 aliphatic heterocycles. The predicted octanol–water partition coefficient (Wildman–Crippen LogP) is 5.81. The van der Waals surface area contributed by atoms with Crippen molar-refractivity contribution in [1.29, 1.82) is 0 Å². The van der Waals surface area contributed by atoms with E-state index in [-0.39, 0.29) is 0 Å². The summed E-state index contributed by atoms with van der Waals surface area (Å²) in [6.07, 6.45) is 12.5. The first-order chi connectivity index (χ1) is 8.79. The molecule has 0 fully saturated rings. The van der Waals surface area contributed by atoms with Crippen molar-refractivity contribution in [3.63, 3.8) is 0 Å². The molecular weight excluding hydrogens is 216 g/mol. The van der Waals surface area contributed by atoms with Gasteiger partial charge in [-0.3, -0.25) is 0 Å². The number of rotatable bonds is 10. The van der Waals surface area contributed by atoms with Crippen LogP contribution in [0.1, 0.15) is 70.8 Å². The van der Waals surface area contributed by atoms with Crippen LogP contribution >= 0.6 is 0 Å². The first-order valence-corrected chi connectivity index (χ1v) is 7.74. The van der Waals surface area contributed by atoms with Gasteiger partial charge in [-0.1, -0.05) is 83.1 Å². The van der Waals surface area contributed by atoms with Crippen LogP contribution in [0, 0.1) is 12.0 Å². The van der Waals surface area contributed by atoms with Gasteiger partial charge in [0, 0.05) is 0 Å². The van der Waals surface area contributed by atoms with Crippen LogP contribution in [0.3, 0.4) is 0 Å². The highest BCUT2D eigenvalue weighted by atomic mass is 14.0. The molecule has 1 aromatic carbocycles. The van der Waals surface area contributed by atoms with Crippen molar-refractivity contribution in [1.82, 2.24) is 0 Å². The molecule has 1 rings (SSSR count). The molecule has 0 heteroatoms. The predicted molar refractivity (Wildman–Crippen MR) is 80.8 cm³/mol. The van der Waals surface area contributed by atoms with E-state index in [1.807, 2.05) is 12.1 Å². The molecule has 0 atom stereocenters. The first-order valence-electron chi connectivity index (χ1n) is 7.74. The SMILES string of the molecule is CC(C)CCCCCCCCCc1[c]cccc1. The highest BCUT2D eigenvalue weighted by molar-refractivity contribution is 5.12. The molecule has 1 aromatic rings. The van der Waals surface area contributed by atoms with Gasteiger partial charge >= 0.3 is 0 Å². The Morgan fingerprint density at radius 3 is 2.17 bits per heavy atom. The van der Waals surface area contributed by atoms with Gasteiger partial charge in [-0.05, 0) is 30.4 Å². The summed E-state index contributed by atoms with van der Waals surface area (Å²) >= 11 is 0. The van der Waals surface area contributed by atoms with E-state index in [1.54, 1.807) is 0 Å². The van der Waals surface area contributed by atoms with Crippen LogP contribution in [0.4, 0.5) is 0 Å². The molecule has 1 radical (unpaired) electrons. The molecule has 0 amide bonds. The monoisotopic (exact) mass is 245 g/mol. The van der Waals surface area contributed by atoms with E-state index in [9.17, 15) is 0 Å². The quantitative estimate of drug-likeness (QED) is 0.457. The maximum atomic E-state index is 3.30. The van der Waals surface area contributed by atoms with Gasteiger partial charge in [-0.2, -0.15) is 0 Å². The minimum absolute atomic E-state index is 0.882. The van der Waals surface area contributed by atoms with Gasteiger partial charge in [0.05, 0.1) is 0 Å². The summed E-state index contributed by atoms with van der Waals surface area (Å²) in [5.74, 6) is 0.882. The third kappa shape index (κ3) is 8.33. The Balaban J connectivity index is 1.84. The number of hydrogen-bond donors (Lipinski definition) is 0. The molecule has 0 bridgehead atoms. The van der Waals surface area contributed by atoms with Crippen LogP contribution in [-0.2, 0) is 6.42 Å². The molecule has 18 heavy (non-hydrogen) atoms. The first kappa shape index (κ1) is 15.3. The average molecular weight is 245 g/mol. The summed E-state index contributed by atoms with van der Waals surface area (Å²) in [5.41, 5.74) is 1.37. The lowest BCUT2D eigenvalue weighted by Gasteiger charge is -2.04. The zero-order valence-corrected chi connectivity index (χ0v) is 12.3. The average Bonchev–Trinajstić information content (AvgIpc) is 2.37. The second-order valence-corrected chi connectivity index (χ2v) is 5.80. The molecular formula is C18H29. The van der Waals surface area contributed by atoms with Crippen molar-refractivity contribution < 1.29 is 0 Å². The molecule has 0 spiro atoms. The Hall–Kier alpha value is -0.780. The Morgan fingerprint density at radius 1 is 0.889 bits per heavy atom. The van der Waals surface area contributed by atoms with Crippen LogP contribution in [0.15, 0.2) is 24.3 Å². The summed E-state index contributed by atoms with van der Waals surface area (Å²) in [7, 11) is 0. The molecule has 0 aliphatic carbocycles. The Morgan fingerprint density at radius 2 is 1.56 bits per heavy atom. The maximum absolute atomic E-state index is 3.30. The normalized spacial score (nSPS) is 11.1. The molecule has 0 heterocycles. The third-order valence-electron chi connectivity index (χ3n) is 3.50. The highest BCUT2D eigenvalue weighted by Gasteiger charge is 1.96. The lowest BCUT2D eigenvalue weighted by atomic mass is 10.0. The van der Waals surface area contributed by atoms with Gasteiger partial charge in [0.1, 0.15) is 0 Å². The zero-order chi connectivity index (χ0) is 13.1. The van der Waals surface area contributed by atoms with E-state index < -0.39 is 0 Å². The smallest absolute Gasteiger partial charge is 0.0149 e. The number of hydrogen-bond acceptors (Lipinski definition) is 0. The minimum Gasteiger partial charge on any atom is -0.0628 e. The Bertz CT molecular complexity index is 273. The van der Waals surface area contributed by atoms with Crippen LogP contribution in [0.25, 0.3) is 0 Å². The molecule has 0 saturated heterocycles. The van der Waals surface area contributed by atoms with Gasteiger partial charge in [0.25, 0.3) is 0 Å². The van der Waals surface area contributed by atoms with Gasteiger partial charge in [-0.25, -0.2) is 0 Å². The summed E-state index contributed by atoms with van der Waals surface area (Å²) in [6, 6.07) is 11.7. The molecule has 0 aliphatic rings. The molecule has 0 nitrogen and oxygen atoms in total. The topological polar surface area (TPSA) is 0 Å². The highest BCUT2D eigenvalue weighted by Crippen LogP contribution is 2.13. The van der Waals surface area contributed by atoms with Crippen molar-refractivity contribution >= 4 is 0 Å². The van der Waals surface area contributed by atoms with Crippen molar-refractivity contribution in [2.24, 2.45) is 5.92 Å². The Labute approximate surface area is 114 Å². The second-order valence-electron chi connectivity index (χ2n) is 5.80. The van der Waals surface area contributed by atoms with Crippen molar-refractivity contribution in [2.75, 3.05) is 0 Å². The van der Waals surface area contributed by atoms with Gasteiger partial charge in [-0.15, -0.1) is 0 Å². The van der Waals surface area contributed by atoms with Gasteiger partial charge < -0.3 is 0 Å². The fourth-order valence-corrected chi connectivity index (χ4v) is 2.34. The molecule has 0 aromatic heterocycles. The number of unbranched alkanes of at least 4 members (excludes halogenated alkanes) is 6. The van der Waals surface area contributed by atoms with Gasteiger partial charge in [0.15, 0.2) is 0 Å². The van der Waals surface area contributed by atoms with E-state index in [1.165, 1.54) is 63.4 Å². The molecule has 101 valence electrons. The fourth-order valence-electron chi connectivity index (χ4n) is 2.34. The van der Waals surface area contributed by atoms with E-state index in [0.29, 0.717) is 0 Å². The van der Waals surface area contributed by atoms with Crippen LogP contribution in [0.2, 0.25) is 0 Å². The minimum atomic E-state index is 0.882. The number of benzene rings is 1. The second kappa shape index (κ2) is 10.2. The van der Waals surface area contributed by atoms with Gasteiger partial charge in [0.2, 0.25) is 0 Å². The summed E-state index contributed by atoms with van der Waals surface area (Å²) in [5, 5.41) is 0. The van der Waals surface area contributed by atoms with E-state index in [4.69, 9.17) is 0 Å². The van der Waals surface area contributed by atoms with Crippen molar-refractivity contribution in [2.45, 2.75) is 71.6 Å². The standard InChI is InChI=1S/C18H29/c1-17(2)13-9-6-4-3-5-7-10-14-18-15-11-8-12-16-18/h8,11-12,15,17H,3-7,9-10,13-14H2,1-2H3. The van der Waals surface area contributed by atoms with Crippen LogP contribution in [-0.4, -0.2) is 0 Å². The summed E-state index contributed by atoms with van der Waals surface area (Å²) < 4.78 is 0. The summed E-state index contributed by atoms with van der Waals surface area (Å²) in [4.78, 5) is 0. The van der Waals surface area contributed by atoms with E-state index in [0.717, 1.165) is 5.92 Å². The lowest BCUT2D eigenvalue weighted by molar-refractivity contribution is 0.509. The lowest BCUT2D eigenvalue weighted by Crippen LogP contribution is -1.88. The molecule has 0 N–H and O–H groups in total. The molecule has 0 unspecified atom stereocenters. The van der Waals surface area contributed by atoms with E-state index in [2.05, 4.69) is 32.0 Å². The van der Waals surface area contributed by atoms with Crippen molar-refractivity contribution in [3.05, 3.63) is 35.9 Å². The third-order valence-corrected chi connectivity index (χ3v) is 3.50. The fraction of sp³-hybridized carbons (Fsp3) is 0.667.